The largest absolute Gasteiger partial charge is 0.497 e. The summed E-state index contributed by atoms with van der Waals surface area (Å²) >= 11 is 0. The van der Waals surface area contributed by atoms with Crippen molar-refractivity contribution in [2.24, 2.45) is 0 Å². The van der Waals surface area contributed by atoms with Crippen LogP contribution in [0.1, 0.15) is 17.8 Å². The van der Waals surface area contributed by atoms with E-state index >= 15 is 0 Å². The van der Waals surface area contributed by atoms with Crippen molar-refractivity contribution in [1.29, 1.82) is 0 Å². The molecule has 4 nitrogen and oxygen atoms in total. The minimum Gasteiger partial charge on any atom is -0.497 e. The van der Waals surface area contributed by atoms with Crippen LogP contribution < -0.4 is 9.47 Å². The van der Waals surface area contributed by atoms with Gasteiger partial charge in [-0.05, 0) is 47.7 Å². The standard InChI is InChI=1S/C28H26N2O2/c1-31-23-16-14-21(15-17-23)20-28-29-25-11-4-5-12-26(25)30(28)18-7-19-32-27-13-6-9-22-8-2-3-10-24(22)27/h2-6,8-17H,7,18-20H2,1H3. The van der Waals surface area contributed by atoms with Crippen LogP contribution in [0.15, 0.2) is 91.0 Å². The fourth-order valence-electron chi connectivity index (χ4n) is 4.16. The molecule has 0 saturated carbocycles. The van der Waals surface area contributed by atoms with Crippen LogP contribution in [0.2, 0.25) is 0 Å². The Morgan fingerprint density at radius 1 is 0.812 bits per heavy atom. The van der Waals surface area contributed by atoms with Crippen molar-refractivity contribution in [2.45, 2.75) is 19.4 Å². The molecule has 4 heteroatoms. The molecule has 5 rings (SSSR count). The van der Waals surface area contributed by atoms with Gasteiger partial charge in [0.15, 0.2) is 0 Å². The highest BCUT2D eigenvalue weighted by Gasteiger charge is 2.11. The Kier molecular flexibility index (Phi) is 5.75. The molecule has 0 atom stereocenters. The summed E-state index contributed by atoms with van der Waals surface area (Å²) in [5.74, 6) is 2.88. The number of benzene rings is 4. The van der Waals surface area contributed by atoms with Gasteiger partial charge >= 0.3 is 0 Å². The summed E-state index contributed by atoms with van der Waals surface area (Å²) < 4.78 is 13.8. The van der Waals surface area contributed by atoms with Crippen LogP contribution in [0.4, 0.5) is 0 Å². The number of imidazole rings is 1. The first-order chi connectivity index (χ1) is 15.8. The van der Waals surface area contributed by atoms with E-state index in [0.717, 1.165) is 47.6 Å². The van der Waals surface area contributed by atoms with E-state index in [1.54, 1.807) is 7.11 Å². The highest BCUT2D eigenvalue weighted by molar-refractivity contribution is 5.88. The lowest BCUT2D eigenvalue weighted by Gasteiger charge is -2.12. The van der Waals surface area contributed by atoms with E-state index in [-0.39, 0.29) is 0 Å². The molecule has 32 heavy (non-hydrogen) atoms. The molecular weight excluding hydrogens is 396 g/mol. The van der Waals surface area contributed by atoms with Crippen molar-refractivity contribution in [3.05, 3.63) is 102 Å². The molecule has 0 aliphatic heterocycles. The first-order valence-corrected chi connectivity index (χ1v) is 11.0. The predicted octanol–water partition coefficient (Wildman–Crippen LogP) is 6.26. The molecular formula is C28H26N2O2. The van der Waals surface area contributed by atoms with Gasteiger partial charge in [0.05, 0.1) is 24.8 Å². The van der Waals surface area contributed by atoms with Gasteiger partial charge in [-0.3, -0.25) is 0 Å². The number of nitrogens with zero attached hydrogens (tertiary/aromatic N) is 2. The van der Waals surface area contributed by atoms with Crippen LogP contribution in [0.3, 0.4) is 0 Å². The third-order valence-corrected chi connectivity index (χ3v) is 5.79. The van der Waals surface area contributed by atoms with E-state index in [1.165, 1.54) is 16.5 Å². The van der Waals surface area contributed by atoms with Crippen LogP contribution in [0, 0.1) is 0 Å². The van der Waals surface area contributed by atoms with Crippen LogP contribution in [-0.2, 0) is 13.0 Å². The van der Waals surface area contributed by atoms with Crippen molar-refractivity contribution in [2.75, 3.05) is 13.7 Å². The topological polar surface area (TPSA) is 36.3 Å². The normalized spacial score (nSPS) is 11.2. The predicted molar refractivity (Wildman–Crippen MR) is 130 cm³/mol. The zero-order chi connectivity index (χ0) is 21.8. The average Bonchev–Trinajstić information content (AvgIpc) is 3.19. The fraction of sp³-hybridized carbons (Fsp3) is 0.179. The number of rotatable bonds is 8. The zero-order valence-electron chi connectivity index (χ0n) is 18.2. The molecule has 0 spiro atoms. The maximum Gasteiger partial charge on any atom is 0.127 e. The van der Waals surface area contributed by atoms with Crippen LogP contribution in [0.25, 0.3) is 21.8 Å². The van der Waals surface area contributed by atoms with Crippen molar-refractivity contribution in [3.63, 3.8) is 0 Å². The summed E-state index contributed by atoms with van der Waals surface area (Å²) in [5.41, 5.74) is 3.42. The number of methoxy groups -OCH3 is 1. The van der Waals surface area contributed by atoms with Gasteiger partial charge in [-0.1, -0.05) is 60.7 Å². The van der Waals surface area contributed by atoms with Gasteiger partial charge in [0.2, 0.25) is 0 Å². The van der Waals surface area contributed by atoms with Gasteiger partial charge in [0.1, 0.15) is 17.3 Å². The van der Waals surface area contributed by atoms with Crippen molar-refractivity contribution >= 4 is 21.8 Å². The molecule has 160 valence electrons. The molecule has 1 aromatic heterocycles. The number of para-hydroxylation sites is 2. The van der Waals surface area contributed by atoms with Crippen LogP contribution >= 0.6 is 0 Å². The first kappa shape index (κ1) is 20.1. The summed E-state index contributed by atoms with van der Waals surface area (Å²) in [5, 5.41) is 2.36. The maximum atomic E-state index is 6.17. The first-order valence-electron chi connectivity index (χ1n) is 11.0. The summed E-state index contributed by atoms with van der Waals surface area (Å²) in [6.45, 7) is 1.51. The number of fused-ring (bicyclic) bond motifs is 2. The lowest BCUT2D eigenvalue weighted by Crippen LogP contribution is -2.08. The second-order valence-corrected chi connectivity index (χ2v) is 7.87. The van der Waals surface area contributed by atoms with E-state index in [2.05, 4.69) is 65.2 Å². The molecule has 4 aromatic carbocycles. The Labute approximate surface area is 188 Å². The molecule has 0 aliphatic rings. The molecule has 0 saturated heterocycles. The number of aryl methyl sites for hydroxylation is 1. The maximum absolute atomic E-state index is 6.17. The zero-order valence-corrected chi connectivity index (χ0v) is 18.2. The third-order valence-electron chi connectivity index (χ3n) is 5.79. The molecule has 0 fully saturated rings. The Bertz CT molecular complexity index is 1330. The molecule has 0 radical (unpaired) electrons. The molecule has 1 heterocycles. The minimum absolute atomic E-state index is 0.655. The SMILES string of the molecule is COc1ccc(Cc2nc3ccccc3n2CCCOc2cccc3ccccc23)cc1. The second-order valence-electron chi connectivity index (χ2n) is 7.87. The van der Waals surface area contributed by atoms with E-state index < -0.39 is 0 Å². The van der Waals surface area contributed by atoms with Crippen LogP contribution in [0.5, 0.6) is 11.5 Å². The summed E-state index contributed by atoms with van der Waals surface area (Å²) in [4.78, 5) is 4.92. The second kappa shape index (κ2) is 9.15. The lowest BCUT2D eigenvalue weighted by atomic mass is 10.1. The van der Waals surface area contributed by atoms with E-state index in [4.69, 9.17) is 14.5 Å². The summed E-state index contributed by atoms with van der Waals surface area (Å²) in [6.07, 6.45) is 1.68. The summed E-state index contributed by atoms with van der Waals surface area (Å²) in [6, 6.07) is 31.1. The highest BCUT2D eigenvalue weighted by Crippen LogP contribution is 2.25. The molecule has 0 N–H and O–H groups in total. The monoisotopic (exact) mass is 422 g/mol. The Morgan fingerprint density at radius 2 is 1.59 bits per heavy atom. The van der Waals surface area contributed by atoms with Gasteiger partial charge < -0.3 is 14.0 Å². The van der Waals surface area contributed by atoms with Gasteiger partial charge in [0.25, 0.3) is 0 Å². The van der Waals surface area contributed by atoms with Crippen molar-refractivity contribution in [1.82, 2.24) is 9.55 Å². The minimum atomic E-state index is 0.655. The fourth-order valence-corrected chi connectivity index (χ4v) is 4.16. The Morgan fingerprint density at radius 3 is 2.47 bits per heavy atom. The van der Waals surface area contributed by atoms with Gasteiger partial charge in [-0.25, -0.2) is 4.98 Å². The number of ether oxygens (including phenoxy) is 2. The quantitative estimate of drug-likeness (QED) is 0.277. The third kappa shape index (κ3) is 4.17. The number of hydrogen-bond acceptors (Lipinski definition) is 3. The molecule has 0 amide bonds. The highest BCUT2D eigenvalue weighted by atomic mass is 16.5. The smallest absolute Gasteiger partial charge is 0.127 e. The lowest BCUT2D eigenvalue weighted by molar-refractivity contribution is 0.305. The van der Waals surface area contributed by atoms with E-state index in [0.29, 0.717) is 6.61 Å². The van der Waals surface area contributed by atoms with Gasteiger partial charge in [0, 0.05) is 18.4 Å². The van der Waals surface area contributed by atoms with Crippen LogP contribution in [-0.4, -0.2) is 23.3 Å². The molecule has 0 aliphatic carbocycles. The average molecular weight is 423 g/mol. The van der Waals surface area contributed by atoms with E-state index in [1.807, 2.05) is 30.3 Å². The van der Waals surface area contributed by atoms with Crippen molar-refractivity contribution in [3.8, 4) is 11.5 Å². The van der Waals surface area contributed by atoms with Gasteiger partial charge in [-0.15, -0.1) is 0 Å². The Hall–Kier alpha value is -3.79. The van der Waals surface area contributed by atoms with E-state index in [9.17, 15) is 0 Å². The van der Waals surface area contributed by atoms with Crippen molar-refractivity contribution < 1.29 is 9.47 Å². The summed E-state index contributed by atoms with van der Waals surface area (Å²) in [7, 11) is 1.69. The molecule has 5 aromatic rings. The van der Waals surface area contributed by atoms with Gasteiger partial charge in [-0.2, -0.15) is 0 Å². The number of aromatic nitrogens is 2. The molecule has 0 unspecified atom stereocenters. The molecule has 0 bridgehead atoms. The number of hydrogen-bond donors (Lipinski definition) is 0. The Balaban J connectivity index is 1.32.